The van der Waals surface area contributed by atoms with E-state index < -0.39 is 20.8 Å². The number of rotatable bonds is 2. The van der Waals surface area contributed by atoms with Crippen LogP contribution >= 0.6 is 0 Å². The molecule has 0 aromatic heterocycles. The summed E-state index contributed by atoms with van der Waals surface area (Å²) in [5, 5.41) is 7.03. The van der Waals surface area contributed by atoms with E-state index in [-0.39, 0.29) is 6.61 Å². The Morgan fingerprint density at radius 1 is 1.73 bits per heavy atom. The lowest BCUT2D eigenvalue weighted by Gasteiger charge is -2.00. The molecular formula is C4H7NO4S2. The van der Waals surface area contributed by atoms with Gasteiger partial charge in [0, 0.05) is 7.11 Å². The molecule has 0 bridgehead atoms. The van der Waals surface area contributed by atoms with Crippen LogP contribution < -0.4 is 4.72 Å². The van der Waals surface area contributed by atoms with Crippen molar-refractivity contribution in [3.63, 3.8) is 0 Å². The van der Waals surface area contributed by atoms with Gasteiger partial charge in [-0.05, 0) is 11.2 Å². The molecule has 0 saturated heterocycles. The Bertz CT molecular complexity index is 193. The summed E-state index contributed by atoms with van der Waals surface area (Å²) < 4.78 is 6.50. The van der Waals surface area contributed by atoms with Crippen molar-refractivity contribution in [2.24, 2.45) is 0 Å². The summed E-state index contributed by atoms with van der Waals surface area (Å²) in [5.74, 6) is -0.520. The maximum atomic E-state index is 10.6. The fourth-order valence-corrected chi connectivity index (χ4v) is 0.939. The molecule has 0 aromatic carbocycles. The lowest BCUT2D eigenvalue weighted by molar-refractivity contribution is -0.122. The molecule has 11 heavy (non-hydrogen) atoms. The molecule has 0 rings (SSSR count). The Hall–Kier alpha value is -0.530. The van der Waals surface area contributed by atoms with E-state index in [1.807, 2.05) is 0 Å². The molecule has 0 saturated carbocycles. The molecule has 0 aromatic rings. The van der Waals surface area contributed by atoms with Crippen LogP contribution in [0.4, 0.5) is 4.79 Å². The Labute approximate surface area is 70.5 Å². The van der Waals surface area contributed by atoms with Gasteiger partial charge in [-0.25, -0.2) is 4.79 Å². The minimum Gasteiger partial charge on any atom is -0.472 e. The highest BCUT2D eigenvalue weighted by Crippen LogP contribution is 1.79. The number of nitrogens with one attached hydrogen (secondary N) is 1. The first-order chi connectivity index (χ1) is 5.07. The minimum absolute atomic E-state index is 0.173. The summed E-state index contributed by atoms with van der Waals surface area (Å²) in [7, 11) is -0.198. The lowest BCUT2D eigenvalue weighted by Crippen LogP contribution is -2.31. The predicted octanol–water partition coefficient (Wildman–Crippen LogP) is -0.578. The molecule has 1 amide bonds. The molecule has 0 heterocycles. The van der Waals surface area contributed by atoms with Crippen molar-refractivity contribution in [3.05, 3.63) is 0 Å². The fraction of sp³-hybridized carbons (Fsp3) is 0.500. The van der Waals surface area contributed by atoms with E-state index in [9.17, 15) is 9.59 Å². The van der Waals surface area contributed by atoms with E-state index >= 15 is 0 Å². The summed E-state index contributed by atoms with van der Waals surface area (Å²) in [5.41, 5.74) is 0. The van der Waals surface area contributed by atoms with Crippen LogP contribution in [-0.4, -0.2) is 30.0 Å². The monoisotopic (exact) mass is 197 g/mol. The highest BCUT2D eigenvalue weighted by Gasteiger charge is 2.07. The highest BCUT2D eigenvalue weighted by atomic mass is 32.8. The van der Waals surface area contributed by atoms with Gasteiger partial charge in [-0.2, -0.15) is 0 Å². The molecule has 0 aliphatic carbocycles. The standard InChI is InChI=1S/C4H7NO4S2/c1-9-2-3(6)5-11(10)4(7)8/h2H2,1H3,(H,5,6)(H,7,8). The van der Waals surface area contributed by atoms with Crippen LogP contribution in [0.2, 0.25) is 0 Å². The van der Waals surface area contributed by atoms with Crippen LogP contribution in [0, 0.1) is 0 Å². The van der Waals surface area contributed by atoms with Crippen molar-refractivity contribution in [2.75, 3.05) is 13.7 Å². The van der Waals surface area contributed by atoms with Crippen LogP contribution in [0.5, 0.6) is 0 Å². The largest absolute Gasteiger partial charge is 0.472 e. The molecule has 2 N–H and O–H groups in total. The van der Waals surface area contributed by atoms with Crippen molar-refractivity contribution in [3.8, 4) is 0 Å². The second-order valence-corrected chi connectivity index (χ2v) is 3.58. The maximum absolute atomic E-state index is 10.6. The fourth-order valence-electron chi connectivity index (χ4n) is 0.308. The Balaban J connectivity index is 3.76. The quantitative estimate of drug-likeness (QED) is 0.619. The van der Waals surface area contributed by atoms with Gasteiger partial charge < -0.3 is 9.84 Å². The van der Waals surface area contributed by atoms with Crippen molar-refractivity contribution in [2.45, 2.75) is 0 Å². The van der Waals surface area contributed by atoms with E-state index in [0.29, 0.717) is 0 Å². The van der Waals surface area contributed by atoms with Crippen molar-refractivity contribution >= 4 is 32.0 Å². The molecule has 1 unspecified atom stereocenters. The summed E-state index contributed by atoms with van der Waals surface area (Å²) in [4.78, 5) is 20.7. The number of amides is 1. The van der Waals surface area contributed by atoms with Gasteiger partial charge in [0.1, 0.15) is 6.61 Å². The average Bonchev–Trinajstić information content (AvgIpc) is 1.87. The van der Waals surface area contributed by atoms with Gasteiger partial charge in [0.25, 0.3) is 5.91 Å². The topological polar surface area (TPSA) is 75.6 Å². The second-order valence-electron chi connectivity index (χ2n) is 1.49. The van der Waals surface area contributed by atoms with E-state index in [2.05, 4.69) is 20.6 Å². The second kappa shape index (κ2) is 5.16. The van der Waals surface area contributed by atoms with Gasteiger partial charge in [0.05, 0.1) is 9.64 Å². The first kappa shape index (κ1) is 10.5. The van der Waals surface area contributed by atoms with Gasteiger partial charge in [-0.1, -0.05) is 0 Å². The van der Waals surface area contributed by atoms with Gasteiger partial charge in [0.15, 0.2) is 0 Å². The molecule has 0 spiro atoms. The zero-order valence-corrected chi connectivity index (χ0v) is 7.33. The molecule has 7 heteroatoms. The predicted molar refractivity (Wildman–Crippen MR) is 42.8 cm³/mol. The molecule has 0 aliphatic rings. The zero-order chi connectivity index (χ0) is 8.85. The number of hydrogen-bond acceptors (Lipinski definition) is 4. The third-order valence-electron chi connectivity index (χ3n) is 0.641. The molecule has 0 radical (unpaired) electrons. The number of carboxylic acid groups (broad SMARTS) is 1. The summed E-state index contributed by atoms with van der Waals surface area (Å²) in [6, 6.07) is 0. The normalized spacial score (nSPS) is 12.1. The Morgan fingerprint density at radius 2 is 2.27 bits per heavy atom. The lowest BCUT2D eigenvalue weighted by atomic mass is 10.7. The Kier molecular flexibility index (Phi) is 4.92. The van der Waals surface area contributed by atoms with E-state index in [0.717, 1.165) is 0 Å². The smallest absolute Gasteiger partial charge is 0.388 e. The van der Waals surface area contributed by atoms with Gasteiger partial charge in [0.2, 0.25) is 0 Å². The number of carbonyl (C=O) groups is 2. The van der Waals surface area contributed by atoms with E-state index in [1.165, 1.54) is 7.11 Å². The number of carbonyl (C=O) groups excluding carboxylic acids is 1. The molecule has 5 nitrogen and oxygen atoms in total. The number of methoxy groups -OCH3 is 1. The number of hydrogen-bond donors (Lipinski definition) is 2. The highest BCUT2D eigenvalue weighted by molar-refractivity contribution is 8.36. The first-order valence-electron chi connectivity index (χ1n) is 2.51. The number of ether oxygens (including phenoxy) is 1. The van der Waals surface area contributed by atoms with Crippen molar-refractivity contribution in [1.29, 1.82) is 0 Å². The van der Waals surface area contributed by atoms with Crippen molar-refractivity contribution < 1.29 is 19.4 Å². The van der Waals surface area contributed by atoms with E-state index in [1.54, 1.807) is 0 Å². The van der Waals surface area contributed by atoms with Crippen LogP contribution in [0.15, 0.2) is 0 Å². The maximum Gasteiger partial charge on any atom is 0.388 e. The molecule has 0 aliphatic heterocycles. The minimum atomic E-state index is -1.53. The van der Waals surface area contributed by atoms with E-state index in [4.69, 9.17) is 5.11 Å². The summed E-state index contributed by atoms with van der Waals surface area (Å²) in [6.07, 6.45) is 0. The SMILES string of the molecule is COCC(=O)NS(=S)C(=O)O. The van der Waals surface area contributed by atoms with Crippen LogP contribution in [-0.2, 0) is 30.4 Å². The van der Waals surface area contributed by atoms with Crippen molar-refractivity contribution in [1.82, 2.24) is 4.72 Å². The molecule has 0 fully saturated rings. The zero-order valence-electron chi connectivity index (χ0n) is 5.70. The Morgan fingerprint density at radius 3 is 2.64 bits per heavy atom. The first-order valence-corrected chi connectivity index (χ1v) is 4.66. The molecular weight excluding hydrogens is 190 g/mol. The van der Waals surface area contributed by atoms with Crippen LogP contribution in [0.3, 0.4) is 0 Å². The summed E-state index contributed by atoms with van der Waals surface area (Å²) >= 11 is 4.39. The average molecular weight is 197 g/mol. The molecule has 64 valence electrons. The van der Waals surface area contributed by atoms with Crippen LogP contribution in [0.1, 0.15) is 0 Å². The van der Waals surface area contributed by atoms with Crippen LogP contribution in [0.25, 0.3) is 0 Å². The third-order valence-corrected chi connectivity index (χ3v) is 2.05. The third kappa shape index (κ3) is 4.82. The van der Waals surface area contributed by atoms with Gasteiger partial charge >= 0.3 is 5.30 Å². The molecule has 1 atom stereocenters. The van der Waals surface area contributed by atoms with Gasteiger partial charge in [-0.3, -0.25) is 9.52 Å². The summed E-state index contributed by atoms with van der Waals surface area (Å²) in [6.45, 7) is -0.173. The van der Waals surface area contributed by atoms with Gasteiger partial charge in [-0.15, -0.1) is 0 Å².